The van der Waals surface area contributed by atoms with Crippen LogP contribution in [0.1, 0.15) is 30.5 Å². The zero-order chi connectivity index (χ0) is 16.0. The lowest BCUT2D eigenvalue weighted by Crippen LogP contribution is -2.40. The molecule has 0 aliphatic heterocycles. The van der Waals surface area contributed by atoms with Crippen molar-refractivity contribution in [2.24, 2.45) is 0 Å². The first-order valence-electron chi connectivity index (χ1n) is 7.10. The van der Waals surface area contributed by atoms with Gasteiger partial charge < -0.3 is 4.90 Å². The molecule has 0 spiro atoms. The first-order valence-corrected chi connectivity index (χ1v) is 8.75. The Morgan fingerprint density at radius 1 is 1.14 bits per heavy atom. The van der Waals surface area contributed by atoms with Crippen molar-refractivity contribution < 1.29 is 13.2 Å². The molecule has 6 heteroatoms. The minimum Gasteiger partial charge on any atom is -0.342 e. The number of rotatable bonds is 7. The summed E-state index contributed by atoms with van der Waals surface area (Å²) in [6.45, 7) is 8.63. The molecule has 1 aromatic rings. The second-order valence-electron chi connectivity index (χ2n) is 5.06. The van der Waals surface area contributed by atoms with Gasteiger partial charge in [-0.25, -0.2) is 13.1 Å². The maximum absolute atomic E-state index is 12.0. The summed E-state index contributed by atoms with van der Waals surface area (Å²) in [4.78, 5) is 13.4. The van der Waals surface area contributed by atoms with Crippen LogP contribution in [0.2, 0.25) is 0 Å². The minimum absolute atomic E-state index is 0.111. The van der Waals surface area contributed by atoms with Gasteiger partial charge in [0.05, 0.1) is 12.3 Å². The summed E-state index contributed by atoms with van der Waals surface area (Å²) < 4.78 is 26.4. The van der Waals surface area contributed by atoms with Gasteiger partial charge in [-0.15, -0.1) is 0 Å². The number of carbonyl (C=O) groups is 1. The Hall–Kier alpha value is -1.40. The number of aryl methyl sites for hydroxylation is 2. The first-order chi connectivity index (χ1) is 9.79. The smallest absolute Gasteiger partial charge is 0.237 e. The molecule has 0 aromatic heterocycles. The molecule has 0 saturated heterocycles. The topological polar surface area (TPSA) is 66.5 Å². The fraction of sp³-hybridized carbons (Fsp3) is 0.533. The molecule has 0 aliphatic carbocycles. The fourth-order valence-electron chi connectivity index (χ4n) is 2.02. The molecule has 21 heavy (non-hydrogen) atoms. The normalized spacial score (nSPS) is 11.4. The number of carbonyl (C=O) groups excluding carboxylic acids is 1. The summed E-state index contributed by atoms with van der Waals surface area (Å²) in [7, 11) is -3.51. The van der Waals surface area contributed by atoms with Crippen molar-refractivity contribution in [3.63, 3.8) is 0 Å². The summed E-state index contributed by atoms with van der Waals surface area (Å²) in [5, 5.41) is 0. The number of nitrogens with one attached hydrogen (secondary N) is 1. The second kappa shape index (κ2) is 7.56. The Bertz CT molecular complexity index is 593. The lowest BCUT2D eigenvalue weighted by Gasteiger charge is -2.18. The Kier molecular flexibility index (Phi) is 6.36. The molecule has 1 rings (SSSR count). The van der Waals surface area contributed by atoms with E-state index in [2.05, 4.69) is 4.72 Å². The van der Waals surface area contributed by atoms with Crippen LogP contribution in [0.5, 0.6) is 0 Å². The lowest BCUT2D eigenvalue weighted by atomic mass is 10.1. The van der Waals surface area contributed by atoms with E-state index in [1.807, 2.05) is 39.8 Å². The van der Waals surface area contributed by atoms with Crippen molar-refractivity contribution in [2.45, 2.75) is 33.4 Å². The molecular formula is C15H24N2O3S. The molecule has 0 bridgehead atoms. The van der Waals surface area contributed by atoms with E-state index in [1.54, 1.807) is 11.0 Å². The van der Waals surface area contributed by atoms with E-state index in [9.17, 15) is 13.2 Å². The van der Waals surface area contributed by atoms with Gasteiger partial charge in [0.1, 0.15) is 0 Å². The van der Waals surface area contributed by atoms with Crippen molar-refractivity contribution >= 4 is 15.9 Å². The van der Waals surface area contributed by atoms with Crippen LogP contribution in [-0.4, -0.2) is 38.9 Å². The van der Waals surface area contributed by atoms with Gasteiger partial charge in [0, 0.05) is 13.1 Å². The van der Waals surface area contributed by atoms with Crippen molar-refractivity contribution in [3.05, 3.63) is 34.9 Å². The molecule has 0 saturated carbocycles. The molecule has 118 valence electrons. The van der Waals surface area contributed by atoms with Crippen LogP contribution in [0.4, 0.5) is 0 Å². The van der Waals surface area contributed by atoms with E-state index in [0.29, 0.717) is 13.1 Å². The van der Waals surface area contributed by atoms with Crippen molar-refractivity contribution in [2.75, 3.05) is 19.6 Å². The monoisotopic (exact) mass is 312 g/mol. The summed E-state index contributed by atoms with van der Waals surface area (Å²) >= 11 is 0. The molecular weight excluding hydrogens is 288 g/mol. The average Bonchev–Trinajstić information content (AvgIpc) is 2.42. The molecule has 5 nitrogen and oxygen atoms in total. The number of hydrogen-bond acceptors (Lipinski definition) is 3. The van der Waals surface area contributed by atoms with Crippen LogP contribution >= 0.6 is 0 Å². The van der Waals surface area contributed by atoms with Crippen LogP contribution in [0.15, 0.2) is 18.2 Å². The standard InChI is InChI=1S/C15H24N2O3S/c1-5-17(6-2)15(18)10-16-21(19,20)11-14-8-7-12(3)13(4)9-14/h7-9,16H,5-6,10-11H2,1-4H3. The predicted octanol–water partition coefficient (Wildman–Crippen LogP) is 1.59. The van der Waals surface area contributed by atoms with E-state index >= 15 is 0 Å². The lowest BCUT2D eigenvalue weighted by molar-refractivity contribution is -0.129. The summed E-state index contributed by atoms with van der Waals surface area (Å²) in [6, 6.07) is 5.57. The SMILES string of the molecule is CCN(CC)C(=O)CNS(=O)(=O)Cc1ccc(C)c(C)c1. The minimum atomic E-state index is -3.51. The Balaban J connectivity index is 2.65. The van der Waals surface area contributed by atoms with Crippen LogP contribution in [0.3, 0.4) is 0 Å². The highest BCUT2D eigenvalue weighted by molar-refractivity contribution is 7.88. The number of likely N-dealkylation sites (N-methyl/N-ethyl adjacent to an activating group) is 1. The third-order valence-electron chi connectivity index (χ3n) is 3.49. The molecule has 0 radical (unpaired) electrons. The molecule has 1 N–H and O–H groups in total. The zero-order valence-corrected chi connectivity index (χ0v) is 14.0. The molecule has 0 atom stereocenters. The maximum atomic E-state index is 12.0. The van der Waals surface area contributed by atoms with E-state index in [0.717, 1.165) is 16.7 Å². The molecule has 1 amide bonds. The van der Waals surface area contributed by atoms with Gasteiger partial charge >= 0.3 is 0 Å². The molecule has 0 heterocycles. The van der Waals surface area contributed by atoms with E-state index in [1.165, 1.54) is 0 Å². The van der Waals surface area contributed by atoms with E-state index in [-0.39, 0.29) is 18.2 Å². The third kappa shape index (κ3) is 5.47. The summed E-state index contributed by atoms with van der Waals surface area (Å²) in [5.74, 6) is -0.316. The average molecular weight is 312 g/mol. The van der Waals surface area contributed by atoms with Crippen LogP contribution < -0.4 is 4.72 Å². The van der Waals surface area contributed by atoms with Crippen LogP contribution in [-0.2, 0) is 20.6 Å². The van der Waals surface area contributed by atoms with Gasteiger partial charge in [-0.1, -0.05) is 18.2 Å². The van der Waals surface area contributed by atoms with Crippen LogP contribution in [0.25, 0.3) is 0 Å². The quantitative estimate of drug-likeness (QED) is 0.831. The molecule has 1 aromatic carbocycles. The highest BCUT2D eigenvalue weighted by atomic mass is 32.2. The van der Waals surface area contributed by atoms with Crippen molar-refractivity contribution in [3.8, 4) is 0 Å². The van der Waals surface area contributed by atoms with E-state index < -0.39 is 10.0 Å². The number of nitrogens with zero attached hydrogens (tertiary/aromatic N) is 1. The van der Waals surface area contributed by atoms with Gasteiger partial charge in [0.25, 0.3) is 0 Å². The number of hydrogen-bond donors (Lipinski definition) is 1. The fourth-order valence-corrected chi connectivity index (χ4v) is 3.09. The molecule has 0 aliphatic rings. The van der Waals surface area contributed by atoms with Crippen LogP contribution in [0, 0.1) is 13.8 Å². The first kappa shape index (κ1) is 17.7. The van der Waals surface area contributed by atoms with Gasteiger partial charge in [-0.2, -0.15) is 0 Å². The maximum Gasteiger partial charge on any atom is 0.237 e. The van der Waals surface area contributed by atoms with Gasteiger partial charge in [-0.05, 0) is 44.4 Å². The van der Waals surface area contributed by atoms with E-state index in [4.69, 9.17) is 0 Å². The Morgan fingerprint density at radius 2 is 1.76 bits per heavy atom. The number of amides is 1. The summed E-state index contributed by atoms with van der Waals surface area (Å²) in [6.07, 6.45) is 0. The van der Waals surface area contributed by atoms with Crippen molar-refractivity contribution in [1.29, 1.82) is 0 Å². The third-order valence-corrected chi connectivity index (χ3v) is 4.78. The molecule has 0 unspecified atom stereocenters. The summed E-state index contributed by atoms with van der Waals surface area (Å²) in [5.41, 5.74) is 2.91. The largest absolute Gasteiger partial charge is 0.342 e. The Morgan fingerprint density at radius 3 is 2.29 bits per heavy atom. The van der Waals surface area contributed by atoms with Gasteiger partial charge in [-0.3, -0.25) is 4.79 Å². The number of benzene rings is 1. The zero-order valence-electron chi connectivity index (χ0n) is 13.1. The second-order valence-corrected chi connectivity index (χ2v) is 6.87. The Labute approximate surface area is 127 Å². The number of sulfonamides is 1. The predicted molar refractivity (Wildman–Crippen MR) is 84.5 cm³/mol. The van der Waals surface area contributed by atoms with Gasteiger partial charge in [0.15, 0.2) is 0 Å². The highest BCUT2D eigenvalue weighted by Crippen LogP contribution is 2.12. The highest BCUT2D eigenvalue weighted by Gasteiger charge is 2.16. The molecule has 0 fully saturated rings. The van der Waals surface area contributed by atoms with Gasteiger partial charge in [0.2, 0.25) is 15.9 Å². The van der Waals surface area contributed by atoms with Crippen molar-refractivity contribution in [1.82, 2.24) is 9.62 Å².